The van der Waals surface area contributed by atoms with Crippen LogP contribution in [0, 0.1) is 0 Å². The highest BCUT2D eigenvalue weighted by molar-refractivity contribution is 8.03. The van der Waals surface area contributed by atoms with E-state index in [1.807, 2.05) is 18.2 Å². The molecule has 1 N–H and O–H groups in total. The molecule has 2 aromatic heterocycles. The topological polar surface area (TPSA) is 76.2 Å². The first kappa shape index (κ1) is 13.4. The number of rotatable bonds is 4. The molecule has 3 aromatic rings. The van der Waals surface area contributed by atoms with E-state index in [1.54, 1.807) is 36.7 Å². The zero-order valence-corrected chi connectivity index (χ0v) is 11.6. The van der Waals surface area contributed by atoms with Crippen molar-refractivity contribution in [2.24, 2.45) is 0 Å². The normalized spacial score (nSPS) is 11.7. The summed E-state index contributed by atoms with van der Waals surface area (Å²) in [5, 5.41) is 9.60. The second-order valence-electron chi connectivity index (χ2n) is 4.14. The Morgan fingerprint density at radius 2 is 1.95 bits per heavy atom. The van der Waals surface area contributed by atoms with Crippen LogP contribution in [0.15, 0.2) is 63.3 Å². The highest BCUT2D eigenvalue weighted by atomic mass is 32.2. The standard InChI is InChI=1S/C15H10N2O3S/c18-14(19)13(9-10-5-7-16-8-6-10)21-15-17-11-3-1-2-4-12(11)20-15/h1-9H,(H,18,19)/b13-9-. The zero-order chi connectivity index (χ0) is 14.7. The molecule has 6 heteroatoms. The summed E-state index contributed by atoms with van der Waals surface area (Å²) in [4.78, 5) is 19.6. The summed E-state index contributed by atoms with van der Waals surface area (Å²) < 4.78 is 5.52. The lowest BCUT2D eigenvalue weighted by Gasteiger charge is -1.98. The fourth-order valence-corrected chi connectivity index (χ4v) is 2.48. The van der Waals surface area contributed by atoms with Crippen molar-refractivity contribution in [1.82, 2.24) is 9.97 Å². The summed E-state index contributed by atoms with van der Waals surface area (Å²) in [5.74, 6) is -1.03. The van der Waals surface area contributed by atoms with Gasteiger partial charge in [-0.05, 0) is 47.7 Å². The van der Waals surface area contributed by atoms with Crippen LogP contribution >= 0.6 is 11.8 Å². The van der Waals surface area contributed by atoms with E-state index in [0.717, 1.165) is 17.3 Å². The van der Waals surface area contributed by atoms with E-state index in [9.17, 15) is 9.90 Å². The van der Waals surface area contributed by atoms with Gasteiger partial charge in [0.25, 0.3) is 5.22 Å². The van der Waals surface area contributed by atoms with Gasteiger partial charge in [0.1, 0.15) is 10.4 Å². The van der Waals surface area contributed by atoms with Crippen molar-refractivity contribution < 1.29 is 14.3 Å². The first-order valence-electron chi connectivity index (χ1n) is 6.11. The lowest BCUT2D eigenvalue weighted by Crippen LogP contribution is -1.96. The third-order valence-electron chi connectivity index (χ3n) is 2.69. The van der Waals surface area contributed by atoms with Crippen LogP contribution in [0.4, 0.5) is 0 Å². The zero-order valence-electron chi connectivity index (χ0n) is 10.8. The number of carboxylic acid groups (broad SMARTS) is 1. The van der Waals surface area contributed by atoms with Crippen LogP contribution in [0.1, 0.15) is 5.56 Å². The molecule has 0 unspecified atom stereocenters. The van der Waals surface area contributed by atoms with E-state index in [0.29, 0.717) is 16.3 Å². The molecule has 21 heavy (non-hydrogen) atoms. The first-order valence-corrected chi connectivity index (χ1v) is 6.92. The van der Waals surface area contributed by atoms with Gasteiger partial charge in [-0.2, -0.15) is 0 Å². The summed E-state index contributed by atoms with van der Waals surface area (Å²) in [6.45, 7) is 0. The third-order valence-corrected chi connectivity index (χ3v) is 3.55. The predicted molar refractivity (Wildman–Crippen MR) is 79.7 cm³/mol. The minimum Gasteiger partial charge on any atom is -0.477 e. The third kappa shape index (κ3) is 3.11. The number of hydrogen-bond donors (Lipinski definition) is 1. The maximum Gasteiger partial charge on any atom is 0.342 e. The number of oxazole rings is 1. The number of benzene rings is 1. The molecule has 0 aliphatic carbocycles. The van der Waals surface area contributed by atoms with Crippen molar-refractivity contribution >= 4 is 34.9 Å². The molecule has 0 aliphatic heterocycles. The van der Waals surface area contributed by atoms with Gasteiger partial charge in [-0.3, -0.25) is 4.98 Å². The summed E-state index contributed by atoms with van der Waals surface area (Å²) in [6.07, 6.45) is 4.77. The van der Waals surface area contributed by atoms with Gasteiger partial charge < -0.3 is 9.52 Å². The molecule has 104 valence electrons. The second-order valence-corrected chi connectivity index (χ2v) is 5.14. The molecular weight excluding hydrogens is 288 g/mol. The van der Waals surface area contributed by atoms with Crippen molar-refractivity contribution in [3.8, 4) is 0 Å². The predicted octanol–water partition coefficient (Wildman–Crippen LogP) is 3.44. The largest absolute Gasteiger partial charge is 0.477 e. The number of thioether (sulfide) groups is 1. The Hall–Kier alpha value is -2.60. The van der Waals surface area contributed by atoms with Gasteiger partial charge in [-0.25, -0.2) is 9.78 Å². The molecule has 0 fully saturated rings. The van der Waals surface area contributed by atoms with Gasteiger partial charge in [0.05, 0.1) is 0 Å². The van der Waals surface area contributed by atoms with Gasteiger partial charge in [0.15, 0.2) is 5.58 Å². The summed E-state index contributed by atoms with van der Waals surface area (Å²) in [7, 11) is 0. The van der Waals surface area contributed by atoms with Gasteiger partial charge in [-0.1, -0.05) is 12.1 Å². The summed E-state index contributed by atoms with van der Waals surface area (Å²) in [6, 6.07) is 10.8. The van der Waals surface area contributed by atoms with E-state index in [1.165, 1.54) is 0 Å². The van der Waals surface area contributed by atoms with Crippen LogP contribution < -0.4 is 0 Å². The molecule has 0 amide bonds. The Balaban J connectivity index is 1.92. The number of hydrogen-bond acceptors (Lipinski definition) is 5. The molecule has 0 radical (unpaired) electrons. The van der Waals surface area contributed by atoms with E-state index < -0.39 is 5.97 Å². The first-order chi connectivity index (χ1) is 10.2. The molecule has 0 atom stereocenters. The molecule has 0 saturated heterocycles. The number of carboxylic acids is 1. The minimum atomic E-state index is -1.03. The van der Waals surface area contributed by atoms with Crippen molar-refractivity contribution in [2.75, 3.05) is 0 Å². The monoisotopic (exact) mass is 298 g/mol. The molecule has 1 aromatic carbocycles. The molecule has 2 heterocycles. The van der Waals surface area contributed by atoms with Crippen LogP contribution in [0.3, 0.4) is 0 Å². The Labute approximate surface area is 124 Å². The maximum absolute atomic E-state index is 11.3. The Morgan fingerprint density at radius 3 is 2.67 bits per heavy atom. The summed E-state index contributed by atoms with van der Waals surface area (Å²) >= 11 is 0.981. The molecular formula is C15H10N2O3S. The van der Waals surface area contributed by atoms with Crippen molar-refractivity contribution in [3.05, 3.63) is 59.3 Å². The second kappa shape index (κ2) is 5.80. The lowest BCUT2D eigenvalue weighted by atomic mass is 10.2. The van der Waals surface area contributed by atoms with E-state index in [-0.39, 0.29) is 4.91 Å². The molecule has 0 saturated carbocycles. The molecule has 0 spiro atoms. The fraction of sp³-hybridized carbons (Fsp3) is 0. The van der Waals surface area contributed by atoms with Crippen LogP contribution in [0.5, 0.6) is 0 Å². The molecule has 3 rings (SSSR count). The van der Waals surface area contributed by atoms with Crippen LogP contribution in [0.25, 0.3) is 17.2 Å². The summed E-state index contributed by atoms with van der Waals surface area (Å²) in [5.41, 5.74) is 2.09. The molecule has 0 aliphatic rings. The van der Waals surface area contributed by atoms with E-state index >= 15 is 0 Å². The number of fused-ring (bicyclic) bond motifs is 1. The fourth-order valence-electron chi connectivity index (χ4n) is 1.73. The lowest BCUT2D eigenvalue weighted by molar-refractivity contribution is -0.131. The average molecular weight is 298 g/mol. The molecule has 5 nitrogen and oxygen atoms in total. The van der Waals surface area contributed by atoms with Gasteiger partial charge in [0, 0.05) is 12.4 Å². The number of pyridine rings is 1. The number of aromatic nitrogens is 2. The van der Waals surface area contributed by atoms with Gasteiger partial charge in [-0.15, -0.1) is 0 Å². The van der Waals surface area contributed by atoms with Crippen LogP contribution in [-0.2, 0) is 4.79 Å². The number of aliphatic carboxylic acids is 1. The highest BCUT2D eigenvalue weighted by Crippen LogP contribution is 2.30. The van der Waals surface area contributed by atoms with Gasteiger partial charge in [0.2, 0.25) is 0 Å². The van der Waals surface area contributed by atoms with Gasteiger partial charge >= 0.3 is 5.97 Å². The van der Waals surface area contributed by atoms with Crippen molar-refractivity contribution in [3.63, 3.8) is 0 Å². The SMILES string of the molecule is O=C(O)/C(=C/c1ccncc1)Sc1nc2ccccc2o1. The number of carbonyl (C=O) groups is 1. The van der Waals surface area contributed by atoms with Crippen molar-refractivity contribution in [2.45, 2.75) is 5.22 Å². The molecule has 0 bridgehead atoms. The Bertz CT molecular complexity index is 779. The smallest absolute Gasteiger partial charge is 0.342 e. The maximum atomic E-state index is 11.3. The highest BCUT2D eigenvalue weighted by Gasteiger charge is 2.14. The Morgan fingerprint density at radius 1 is 1.19 bits per heavy atom. The Kier molecular flexibility index (Phi) is 3.70. The number of para-hydroxylation sites is 2. The minimum absolute atomic E-state index is 0.132. The quantitative estimate of drug-likeness (QED) is 0.587. The van der Waals surface area contributed by atoms with Crippen LogP contribution in [-0.4, -0.2) is 21.0 Å². The van der Waals surface area contributed by atoms with Crippen molar-refractivity contribution in [1.29, 1.82) is 0 Å². The van der Waals surface area contributed by atoms with E-state index in [2.05, 4.69) is 9.97 Å². The number of nitrogens with zero attached hydrogens (tertiary/aromatic N) is 2. The average Bonchev–Trinajstić information content (AvgIpc) is 2.90. The van der Waals surface area contributed by atoms with Crippen LogP contribution in [0.2, 0.25) is 0 Å². The van der Waals surface area contributed by atoms with E-state index in [4.69, 9.17) is 4.42 Å².